The first-order chi connectivity index (χ1) is 30.2. The molecule has 11 nitrogen and oxygen atoms in total. The normalized spacial score (nSPS) is 15.6. The first kappa shape index (κ1) is 58.2. The first-order valence-electron chi connectivity index (χ1n) is 25.8. The maximum Gasteiger partial charge on any atom is 0.313 e. The van der Waals surface area contributed by atoms with Crippen molar-refractivity contribution in [2.45, 2.75) is 233 Å². The van der Waals surface area contributed by atoms with E-state index in [0.29, 0.717) is 52.2 Å². The van der Waals surface area contributed by atoms with Crippen molar-refractivity contribution in [2.75, 3.05) is 66.4 Å². The highest BCUT2D eigenvalue weighted by Gasteiger charge is 2.40. The summed E-state index contributed by atoms with van der Waals surface area (Å²) in [6, 6.07) is 0. The minimum absolute atomic E-state index is 0.0184. The Bertz CT molecular complexity index is 966. The lowest BCUT2D eigenvalue weighted by Gasteiger charge is -2.24. The van der Waals surface area contributed by atoms with E-state index in [0.717, 1.165) is 57.9 Å². The van der Waals surface area contributed by atoms with E-state index in [-0.39, 0.29) is 50.6 Å². The monoisotopic (exact) mass is 884 g/mol. The number of nitrogens with zero attached hydrogens (tertiary/aromatic N) is 1. The molecule has 0 spiro atoms. The zero-order chi connectivity index (χ0) is 45.4. The molecule has 1 unspecified atom stereocenters. The second-order valence-electron chi connectivity index (χ2n) is 18.4. The van der Waals surface area contributed by atoms with Gasteiger partial charge in [0.15, 0.2) is 12.6 Å². The standard InChI is InChI=1S/C51H97NO10/c1-7-11-15-19-23-27-37-56-48(57-38-28-24-20-16-12-8-2)33-31-46(53)60-41-45(43-62-50(55)51(5)35-36-52(6)44-51)42-61-47(54)32-34-49(58-39-29-25-21-17-13-9-3)59-40-30-26-22-18-14-10-4/h45,48-49H,7-44H2,1-6H3. The summed E-state index contributed by atoms with van der Waals surface area (Å²) in [6.07, 6.45) is 29.0. The molecule has 0 aromatic rings. The Hall–Kier alpha value is -1.79. The number of unbranched alkanes of at least 4 members (excludes halogenated alkanes) is 20. The predicted molar refractivity (Wildman–Crippen MR) is 250 cm³/mol. The fourth-order valence-electron chi connectivity index (χ4n) is 7.73. The number of rotatable bonds is 45. The van der Waals surface area contributed by atoms with Gasteiger partial charge in [-0.05, 0) is 52.6 Å². The van der Waals surface area contributed by atoms with Crippen LogP contribution in [-0.2, 0) is 47.5 Å². The molecular weight excluding hydrogens is 787 g/mol. The van der Waals surface area contributed by atoms with Crippen molar-refractivity contribution in [3.63, 3.8) is 0 Å². The van der Waals surface area contributed by atoms with Gasteiger partial charge < -0.3 is 38.1 Å². The van der Waals surface area contributed by atoms with Gasteiger partial charge in [0.1, 0.15) is 19.8 Å². The number of carbonyl (C=O) groups is 3. The Balaban J connectivity index is 2.76. The molecule has 1 atom stereocenters. The third kappa shape index (κ3) is 32.8. The number of ether oxygens (including phenoxy) is 7. The van der Waals surface area contributed by atoms with Crippen LogP contribution in [0.15, 0.2) is 0 Å². The Kier molecular flexibility index (Phi) is 38.2. The van der Waals surface area contributed by atoms with Crippen molar-refractivity contribution in [3.05, 3.63) is 0 Å². The quantitative estimate of drug-likeness (QED) is 0.0252. The van der Waals surface area contributed by atoms with Gasteiger partial charge in [0.25, 0.3) is 0 Å². The van der Waals surface area contributed by atoms with E-state index in [1.54, 1.807) is 0 Å². The molecule has 0 aromatic carbocycles. The molecule has 62 heavy (non-hydrogen) atoms. The van der Waals surface area contributed by atoms with Gasteiger partial charge in [0, 0.05) is 45.8 Å². The molecule has 0 N–H and O–H groups in total. The van der Waals surface area contributed by atoms with Crippen LogP contribution < -0.4 is 0 Å². The van der Waals surface area contributed by atoms with E-state index in [1.165, 1.54) is 103 Å². The molecule has 1 heterocycles. The molecule has 1 fully saturated rings. The summed E-state index contributed by atoms with van der Waals surface area (Å²) >= 11 is 0. The van der Waals surface area contributed by atoms with Crippen molar-refractivity contribution < 1.29 is 47.5 Å². The first-order valence-corrected chi connectivity index (χ1v) is 25.8. The average molecular weight is 884 g/mol. The van der Waals surface area contributed by atoms with Crippen LogP contribution >= 0.6 is 0 Å². The van der Waals surface area contributed by atoms with E-state index < -0.39 is 23.9 Å². The highest BCUT2D eigenvalue weighted by molar-refractivity contribution is 5.77. The van der Waals surface area contributed by atoms with E-state index >= 15 is 0 Å². The van der Waals surface area contributed by atoms with Crippen molar-refractivity contribution in [1.82, 2.24) is 4.90 Å². The van der Waals surface area contributed by atoms with Crippen LogP contribution in [0, 0.1) is 11.3 Å². The number of carbonyl (C=O) groups excluding carboxylic acids is 3. The molecular formula is C51H97NO10. The third-order valence-corrected chi connectivity index (χ3v) is 11.9. The van der Waals surface area contributed by atoms with E-state index in [4.69, 9.17) is 33.2 Å². The summed E-state index contributed by atoms with van der Waals surface area (Å²) in [5.41, 5.74) is -0.604. The smallest absolute Gasteiger partial charge is 0.313 e. The van der Waals surface area contributed by atoms with Crippen LogP contribution in [0.4, 0.5) is 0 Å². The summed E-state index contributed by atoms with van der Waals surface area (Å²) < 4.78 is 41.8. The van der Waals surface area contributed by atoms with Gasteiger partial charge in [-0.1, -0.05) is 156 Å². The lowest BCUT2D eigenvalue weighted by atomic mass is 9.90. The molecule has 0 radical (unpaired) electrons. The van der Waals surface area contributed by atoms with E-state index in [9.17, 15) is 14.4 Å². The lowest BCUT2D eigenvalue weighted by Crippen LogP contribution is -2.35. The Morgan fingerprint density at radius 2 is 0.806 bits per heavy atom. The summed E-state index contributed by atoms with van der Waals surface area (Å²) in [4.78, 5) is 41.6. The summed E-state index contributed by atoms with van der Waals surface area (Å²) in [6.45, 7) is 14.6. The molecule has 0 amide bonds. The number of hydrogen-bond acceptors (Lipinski definition) is 11. The second-order valence-corrected chi connectivity index (χ2v) is 18.4. The van der Waals surface area contributed by atoms with Gasteiger partial charge in [-0.25, -0.2) is 0 Å². The molecule has 11 heteroatoms. The third-order valence-electron chi connectivity index (χ3n) is 11.9. The van der Waals surface area contributed by atoms with Gasteiger partial charge in [-0.2, -0.15) is 0 Å². The van der Waals surface area contributed by atoms with Crippen LogP contribution in [-0.4, -0.2) is 102 Å². The van der Waals surface area contributed by atoms with Gasteiger partial charge in [0.05, 0.1) is 24.2 Å². The SMILES string of the molecule is CCCCCCCCOC(CCC(=O)OCC(COC(=O)CCC(OCCCCCCCC)OCCCCCCCC)COC(=O)C1(C)CCN(C)C1)OCCCCCCCC. The van der Waals surface area contributed by atoms with Crippen LogP contribution in [0.2, 0.25) is 0 Å². The fourth-order valence-corrected chi connectivity index (χ4v) is 7.73. The molecule has 1 saturated heterocycles. The van der Waals surface area contributed by atoms with Crippen LogP contribution in [0.3, 0.4) is 0 Å². The fraction of sp³-hybridized carbons (Fsp3) is 0.941. The van der Waals surface area contributed by atoms with Gasteiger partial charge >= 0.3 is 17.9 Å². The zero-order valence-corrected chi connectivity index (χ0v) is 41.1. The molecule has 1 aliphatic rings. The number of esters is 3. The maximum absolute atomic E-state index is 13.2. The lowest BCUT2D eigenvalue weighted by molar-refractivity contribution is -0.165. The van der Waals surface area contributed by atoms with Crippen LogP contribution in [0.5, 0.6) is 0 Å². The highest BCUT2D eigenvalue weighted by atomic mass is 16.7. The maximum atomic E-state index is 13.2. The molecule has 366 valence electrons. The minimum Gasteiger partial charge on any atom is -0.465 e. The molecule has 0 aromatic heterocycles. The van der Waals surface area contributed by atoms with Gasteiger partial charge in [-0.15, -0.1) is 0 Å². The molecule has 1 rings (SSSR count). The van der Waals surface area contributed by atoms with E-state index in [2.05, 4.69) is 32.6 Å². The largest absolute Gasteiger partial charge is 0.465 e. The average Bonchev–Trinajstić information content (AvgIpc) is 3.63. The van der Waals surface area contributed by atoms with E-state index in [1.807, 2.05) is 14.0 Å². The van der Waals surface area contributed by atoms with Gasteiger partial charge in [0.2, 0.25) is 0 Å². The molecule has 0 bridgehead atoms. The van der Waals surface area contributed by atoms with Crippen molar-refractivity contribution >= 4 is 17.9 Å². The number of likely N-dealkylation sites (tertiary alicyclic amines) is 1. The van der Waals surface area contributed by atoms with Crippen LogP contribution in [0.1, 0.15) is 221 Å². The summed E-state index contributed by atoms with van der Waals surface area (Å²) in [5, 5.41) is 0. The van der Waals surface area contributed by atoms with Crippen molar-refractivity contribution in [3.8, 4) is 0 Å². The minimum atomic E-state index is -0.604. The predicted octanol–water partition coefficient (Wildman–Crippen LogP) is 12.3. The Morgan fingerprint density at radius 3 is 1.13 bits per heavy atom. The summed E-state index contributed by atoms with van der Waals surface area (Å²) in [5.74, 6) is -1.57. The molecule has 1 aliphatic heterocycles. The second kappa shape index (κ2) is 40.7. The van der Waals surface area contributed by atoms with Crippen molar-refractivity contribution in [1.29, 1.82) is 0 Å². The van der Waals surface area contributed by atoms with Gasteiger partial charge in [-0.3, -0.25) is 14.4 Å². The molecule has 0 aliphatic carbocycles. The highest BCUT2D eigenvalue weighted by Crippen LogP contribution is 2.30. The number of hydrogen-bond donors (Lipinski definition) is 0. The topological polar surface area (TPSA) is 119 Å². The summed E-state index contributed by atoms with van der Waals surface area (Å²) in [7, 11) is 1.99. The Labute approximate surface area is 380 Å². The van der Waals surface area contributed by atoms with Crippen LogP contribution in [0.25, 0.3) is 0 Å². The zero-order valence-electron chi connectivity index (χ0n) is 41.1. The van der Waals surface area contributed by atoms with Crippen molar-refractivity contribution in [2.24, 2.45) is 11.3 Å². The molecule has 0 saturated carbocycles. The Morgan fingerprint density at radius 1 is 0.484 bits per heavy atom.